The lowest BCUT2D eigenvalue weighted by atomic mass is 9.93. The third kappa shape index (κ3) is 2.53. The van der Waals surface area contributed by atoms with Gasteiger partial charge in [0.25, 0.3) is 0 Å². The first-order valence-electron chi connectivity index (χ1n) is 5.29. The van der Waals surface area contributed by atoms with E-state index >= 15 is 0 Å². The average Bonchev–Trinajstić information content (AvgIpc) is 2.30. The van der Waals surface area contributed by atoms with Crippen molar-refractivity contribution >= 4 is 29.3 Å². The molecule has 0 bridgehead atoms. The number of carboxylic acid groups (broad SMARTS) is 1. The van der Waals surface area contributed by atoms with Crippen molar-refractivity contribution < 1.29 is 9.90 Å². The number of carboxylic acids is 1. The molecule has 1 aliphatic rings. The van der Waals surface area contributed by atoms with Gasteiger partial charge in [-0.3, -0.25) is 0 Å². The maximum absolute atomic E-state index is 10.8. The fourth-order valence-electron chi connectivity index (χ4n) is 2.00. The van der Waals surface area contributed by atoms with Crippen LogP contribution in [-0.4, -0.2) is 22.6 Å². The van der Waals surface area contributed by atoms with E-state index in [0.717, 1.165) is 18.4 Å². The van der Waals surface area contributed by atoms with Crippen LogP contribution in [0, 0.1) is 0 Å². The van der Waals surface area contributed by atoms with E-state index in [1.807, 2.05) is 17.8 Å². The van der Waals surface area contributed by atoms with Crippen LogP contribution in [0.15, 0.2) is 18.2 Å². The van der Waals surface area contributed by atoms with Gasteiger partial charge in [0.2, 0.25) is 0 Å². The number of thioether (sulfide) groups is 1. The standard InChI is InChI=1S/C12H13ClO2S/c13-11-7-9(12(14)15)1-2-10(11)8-3-5-16-6-4-8/h1-2,7-8H,3-6H2,(H,14,15). The van der Waals surface area contributed by atoms with Gasteiger partial charge < -0.3 is 5.11 Å². The van der Waals surface area contributed by atoms with Gasteiger partial charge in [0.05, 0.1) is 5.56 Å². The van der Waals surface area contributed by atoms with Crippen molar-refractivity contribution in [3.63, 3.8) is 0 Å². The number of rotatable bonds is 2. The number of halogens is 1. The highest BCUT2D eigenvalue weighted by molar-refractivity contribution is 7.99. The Labute approximate surface area is 104 Å². The molecular formula is C12H13ClO2S. The number of carbonyl (C=O) groups is 1. The summed E-state index contributed by atoms with van der Waals surface area (Å²) >= 11 is 8.11. The zero-order valence-corrected chi connectivity index (χ0v) is 10.4. The highest BCUT2D eigenvalue weighted by Gasteiger charge is 2.19. The van der Waals surface area contributed by atoms with Crippen LogP contribution < -0.4 is 0 Å². The molecule has 16 heavy (non-hydrogen) atoms. The molecule has 0 saturated carbocycles. The Balaban J connectivity index is 2.24. The second kappa shape index (κ2) is 5.11. The number of aromatic carboxylic acids is 1. The molecule has 1 heterocycles. The minimum atomic E-state index is -0.923. The third-order valence-corrected chi connectivity index (χ3v) is 4.28. The summed E-state index contributed by atoms with van der Waals surface area (Å²) in [6, 6.07) is 5.07. The van der Waals surface area contributed by atoms with Crippen LogP contribution in [0.5, 0.6) is 0 Å². The summed E-state index contributed by atoms with van der Waals surface area (Å²) in [5.41, 5.74) is 1.37. The molecule has 0 aromatic heterocycles. The SMILES string of the molecule is O=C(O)c1ccc(C2CCSCC2)c(Cl)c1. The van der Waals surface area contributed by atoms with Gasteiger partial charge in [0.15, 0.2) is 0 Å². The monoisotopic (exact) mass is 256 g/mol. The van der Waals surface area contributed by atoms with E-state index < -0.39 is 5.97 Å². The average molecular weight is 257 g/mol. The van der Waals surface area contributed by atoms with Crippen LogP contribution in [0.4, 0.5) is 0 Å². The maximum atomic E-state index is 10.8. The summed E-state index contributed by atoms with van der Waals surface area (Å²) in [7, 11) is 0. The highest BCUT2D eigenvalue weighted by Crippen LogP contribution is 2.35. The molecule has 1 saturated heterocycles. The van der Waals surface area contributed by atoms with Crippen LogP contribution >= 0.6 is 23.4 Å². The summed E-state index contributed by atoms with van der Waals surface area (Å²) in [6.45, 7) is 0. The highest BCUT2D eigenvalue weighted by atomic mass is 35.5. The first kappa shape index (κ1) is 11.8. The molecule has 0 amide bonds. The van der Waals surface area contributed by atoms with Gasteiger partial charge in [-0.05, 0) is 48.0 Å². The van der Waals surface area contributed by atoms with Crippen molar-refractivity contribution in [3.8, 4) is 0 Å². The zero-order chi connectivity index (χ0) is 11.5. The number of hydrogen-bond acceptors (Lipinski definition) is 2. The first-order chi connectivity index (χ1) is 7.68. The van der Waals surface area contributed by atoms with E-state index in [2.05, 4.69) is 0 Å². The quantitative estimate of drug-likeness (QED) is 0.878. The molecular weight excluding hydrogens is 244 g/mol. The lowest BCUT2D eigenvalue weighted by Gasteiger charge is -2.22. The van der Waals surface area contributed by atoms with Crippen molar-refractivity contribution in [1.29, 1.82) is 0 Å². The maximum Gasteiger partial charge on any atom is 0.335 e. The van der Waals surface area contributed by atoms with Gasteiger partial charge in [-0.2, -0.15) is 11.8 Å². The fraction of sp³-hybridized carbons (Fsp3) is 0.417. The van der Waals surface area contributed by atoms with Gasteiger partial charge in [-0.25, -0.2) is 4.79 Å². The van der Waals surface area contributed by atoms with E-state index in [0.29, 0.717) is 10.9 Å². The van der Waals surface area contributed by atoms with E-state index in [-0.39, 0.29) is 5.56 Å². The summed E-state index contributed by atoms with van der Waals surface area (Å²) in [6.07, 6.45) is 2.27. The van der Waals surface area contributed by atoms with E-state index in [1.54, 1.807) is 12.1 Å². The summed E-state index contributed by atoms with van der Waals surface area (Å²) in [5.74, 6) is 1.91. The molecule has 4 heteroatoms. The van der Waals surface area contributed by atoms with Crippen molar-refractivity contribution in [2.45, 2.75) is 18.8 Å². The summed E-state index contributed by atoms with van der Waals surface area (Å²) in [4.78, 5) is 10.8. The molecule has 0 spiro atoms. The topological polar surface area (TPSA) is 37.3 Å². The minimum absolute atomic E-state index is 0.263. The largest absolute Gasteiger partial charge is 0.478 e. The molecule has 0 aliphatic carbocycles. The van der Waals surface area contributed by atoms with Gasteiger partial charge in [-0.15, -0.1) is 0 Å². The van der Waals surface area contributed by atoms with E-state index in [4.69, 9.17) is 16.7 Å². The Morgan fingerprint density at radius 1 is 1.38 bits per heavy atom. The Kier molecular flexibility index (Phi) is 3.77. The van der Waals surface area contributed by atoms with E-state index in [9.17, 15) is 4.79 Å². The van der Waals surface area contributed by atoms with Crippen LogP contribution in [0.2, 0.25) is 5.02 Å². The molecule has 2 rings (SSSR count). The molecule has 1 fully saturated rings. The summed E-state index contributed by atoms with van der Waals surface area (Å²) in [5, 5.41) is 9.44. The molecule has 1 N–H and O–H groups in total. The predicted octanol–water partition coefficient (Wildman–Crippen LogP) is 3.65. The zero-order valence-electron chi connectivity index (χ0n) is 8.78. The Morgan fingerprint density at radius 3 is 2.62 bits per heavy atom. The van der Waals surface area contributed by atoms with Gasteiger partial charge >= 0.3 is 5.97 Å². The lowest BCUT2D eigenvalue weighted by molar-refractivity contribution is 0.0697. The molecule has 1 aromatic rings. The molecule has 1 aliphatic heterocycles. The Morgan fingerprint density at radius 2 is 2.06 bits per heavy atom. The van der Waals surface area contributed by atoms with Gasteiger partial charge in [-0.1, -0.05) is 17.7 Å². The normalized spacial score (nSPS) is 17.3. The third-order valence-electron chi connectivity index (χ3n) is 2.91. The smallest absolute Gasteiger partial charge is 0.335 e. The molecule has 2 nitrogen and oxygen atoms in total. The van der Waals surface area contributed by atoms with Crippen LogP contribution in [-0.2, 0) is 0 Å². The second-order valence-corrected chi connectivity index (χ2v) is 5.56. The molecule has 0 radical (unpaired) electrons. The van der Waals surface area contributed by atoms with E-state index in [1.165, 1.54) is 11.5 Å². The Bertz CT molecular complexity index is 400. The van der Waals surface area contributed by atoms with Crippen molar-refractivity contribution in [2.24, 2.45) is 0 Å². The second-order valence-electron chi connectivity index (χ2n) is 3.93. The van der Waals surface area contributed by atoms with Gasteiger partial charge in [0.1, 0.15) is 0 Å². The van der Waals surface area contributed by atoms with Crippen LogP contribution in [0.3, 0.4) is 0 Å². The first-order valence-corrected chi connectivity index (χ1v) is 6.82. The van der Waals surface area contributed by atoms with Crippen molar-refractivity contribution in [1.82, 2.24) is 0 Å². The van der Waals surface area contributed by atoms with Crippen LogP contribution in [0.1, 0.15) is 34.7 Å². The Hall–Kier alpha value is -0.670. The molecule has 0 unspecified atom stereocenters. The minimum Gasteiger partial charge on any atom is -0.478 e. The number of hydrogen-bond donors (Lipinski definition) is 1. The fourth-order valence-corrected chi connectivity index (χ4v) is 3.44. The molecule has 1 aromatic carbocycles. The van der Waals surface area contributed by atoms with Crippen molar-refractivity contribution in [3.05, 3.63) is 34.3 Å². The summed E-state index contributed by atoms with van der Waals surface area (Å²) < 4.78 is 0. The lowest BCUT2D eigenvalue weighted by Crippen LogP contribution is -2.09. The predicted molar refractivity (Wildman–Crippen MR) is 67.7 cm³/mol. The molecule has 86 valence electrons. The van der Waals surface area contributed by atoms with Gasteiger partial charge in [0, 0.05) is 5.02 Å². The number of benzene rings is 1. The van der Waals surface area contributed by atoms with Crippen LogP contribution in [0.25, 0.3) is 0 Å². The molecule has 0 atom stereocenters. The van der Waals surface area contributed by atoms with Crippen molar-refractivity contribution in [2.75, 3.05) is 11.5 Å².